The minimum Gasteiger partial charge on any atom is -0.337 e. The van der Waals surface area contributed by atoms with Gasteiger partial charge in [-0.05, 0) is 68.2 Å². The number of hydrogen-bond acceptors (Lipinski definition) is 4. The Kier molecular flexibility index (Phi) is 5.92. The first kappa shape index (κ1) is 22.0. The Hall–Kier alpha value is -2.79. The maximum absolute atomic E-state index is 13.8. The van der Waals surface area contributed by atoms with Crippen molar-refractivity contribution in [2.24, 2.45) is 16.8 Å². The molecule has 1 aromatic carbocycles. The Morgan fingerprint density at radius 3 is 2.76 bits per heavy atom. The summed E-state index contributed by atoms with van der Waals surface area (Å²) in [4.78, 5) is 26.2. The van der Waals surface area contributed by atoms with E-state index >= 15 is 0 Å². The number of aliphatic imine (C=N–C) groups is 1. The zero-order chi connectivity index (χ0) is 23.1. The lowest BCUT2D eigenvalue weighted by Crippen LogP contribution is -2.34. The van der Waals surface area contributed by atoms with Crippen LogP contribution in [0.15, 0.2) is 58.8 Å². The van der Waals surface area contributed by atoms with Gasteiger partial charge in [0.15, 0.2) is 0 Å². The summed E-state index contributed by atoms with van der Waals surface area (Å²) >= 11 is 1.62. The molecular formula is C28H31N3OS. The van der Waals surface area contributed by atoms with Crippen LogP contribution in [0.25, 0.3) is 10.4 Å². The van der Waals surface area contributed by atoms with E-state index in [4.69, 9.17) is 4.98 Å². The Labute approximate surface area is 200 Å². The predicted octanol–water partition coefficient (Wildman–Crippen LogP) is 6.45. The number of aryl methyl sites for hydroxylation is 3. The van der Waals surface area contributed by atoms with Crippen molar-refractivity contribution in [2.45, 2.75) is 47.0 Å². The van der Waals surface area contributed by atoms with E-state index in [-0.39, 0.29) is 5.91 Å². The molecular weight excluding hydrogens is 426 g/mol. The zero-order valence-corrected chi connectivity index (χ0v) is 20.7. The lowest BCUT2D eigenvalue weighted by atomic mass is 9.89. The van der Waals surface area contributed by atoms with Crippen molar-refractivity contribution in [3.63, 3.8) is 0 Å². The molecule has 1 atom stereocenters. The third-order valence-electron chi connectivity index (χ3n) is 6.89. The normalized spacial score (nSPS) is 19.2. The molecule has 1 fully saturated rings. The summed E-state index contributed by atoms with van der Waals surface area (Å²) in [5.41, 5.74) is 7.81. The molecule has 5 rings (SSSR count). The van der Waals surface area contributed by atoms with Crippen molar-refractivity contribution < 1.29 is 4.79 Å². The average molecular weight is 458 g/mol. The molecule has 0 bridgehead atoms. The maximum atomic E-state index is 13.8. The molecule has 2 aromatic rings. The number of aromatic nitrogens is 1. The number of allylic oxidation sites excluding steroid dienone is 4. The molecule has 0 radical (unpaired) electrons. The number of nitrogens with zero attached hydrogens (tertiary/aromatic N) is 3. The summed E-state index contributed by atoms with van der Waals surface area (Å²) in [5, 5.41) is 0.933. The second-order valence-electron chi connectivity index (χ2n) is 9.58. The monoisotopic (exact) mass is 457 g/mol. The summed E-state index contributed by atoms with van der Waals surface area (Å²) in [7, 11) is 0. The summed E-state index contributed by atoms with van der Waals surface area (Å²) in [6, 6.07) is 6.42. The summed E-state index contributed by atoms with van der Waals surface area (Å²) < 4.78 is 0. The summed E-state index contributed by atoms with van der Waals surface area (Å²) in [5.74, 6) is 1.03. The highest BCUT2D eigenvalue weighted by atomic mass is 32.1. The van der Waals surface area contributed by atoms with Crippen LogP contribution in [0.3, 0.4) is 0 Å². The fraction of sp³-hybridized carbons (Fsp3) is 0.393. The van der Waals surface area contributed by atoms with Gasteiger partial charge in [-0.1, -0.05) is 43.4 Å². The third-order valence-corrected chi connectivity index (χ3v) is 7.91. The number of fused-ring (bicyclic) bond motifs is 1. The van der Waals surface area contributed by atoms with E-state index in [9.17, 15) is 4.79 Å². The van der Waals surface area contributed by atoms with Crippen LogP contribution in [0, 0.1) is 32.6 Å². The fourth-order valence-corrected chi connectivity index (χ4v) is 5.47. The molecule has 3 aliphatic rings. The van der Waals surface area contributed by atoms with Gasteiger partial charge < -0.3 is 4.90 Å². The molecule has 170 valence electrons. The van der Waals surface area contributed by atoms with Crippen LogP contribution in [0.2, 0.25) is 0 Å². The van der Waals surface area contributed by atoms with E-state index in [2.05, 4.69) is 62.2 Å². The molecule has 1 unspecified atom stereocenters. The topological polar surface area (TPSA) is 45.6 Å². The van der Waals surface area contributed by atoms with Gasteiger partial charge in [-0.2, -0.15) is 0 Å². The van der Waals surface area contributed by atoms with Gasteiger partial charge in [0.05, 0.1) is 15.6 Å². The standard InChI is InChI=1S/C28H31N3OS/c1-17-8-11-22(14-19(17)3)27-26(30-20(4)33-27)28(32)31(16-21-9-10-21)13-12-23-15-29-25-18(2)6-5-7-24(23)25/h5-8,11,14-15,18,21H,9-10,12-13,16H2,1-4H3. The fourth-order valence-electron chi connectivity index (χ4n) is 4.56. The highest BCUT2D eigenvalue weighted by Crippen LogP contribution is 2.35. The SMILES string of the molecule is Cc1nc(C(=O)N(CCC2=CN=C3C2=CC=CC3C)CC2CC2)c(-c2ccc(C)c(C)c2)s1. The number of thiazole rings is 1. The quantitative estimate of drug-likeness (QED) is 0.480. The van der Waals surface area contributed by atoms with Crippen LogP contribution >= 0.6 is 11.3 Å². The Morgan fingerprint density at radius 1 is 1.18 bits per heavy atom. The van der Waals surface area contributed by atoms with Crippen LogP contribution in [0.5, 0.6) is 0 Å². The first-order chi connectivity index (χ1) is 15.9. The second kappa shape index (κ2) is 8.86. The molecule has 0 spiro atoms. The van der Waals surface area contributed by atoms with Crippen LogP contribution in [-0.2, 0) is 0 Å². The largest absolute Gasteiger partial charge is 0.337 e. The molecule has 0 saturated heterocycles. The molecule has 1 saturated carbocycles. The van der Waals surface area contributed by atoms with Crippen molar-refractivity contribution >= 4 is 23.0 Å². The molecule has 0 N–H and O–H groups in total. The van der Waals surface area contributed by atoms with Gasteiger partial charge in [0.1, 0.15) is 5.69 Å². The first-order valence-corrected chi connectivity index (χ1v) is 12.7. The Morgan fingerprint density at radius 2 is 2.00 bits per heavy atom. The number of rotatable bonds is 7. The number of benzene rings is 1. The lowest BCUT2D eigenvalue weighted by Gasteiger charge is -2.23. The van der Waals surface area contributed by atoms with Gasteiger partial charge in [-0.25, -0.2) is 4.98 Å². The van der Waals surface area contributed by atoms with E-state index in [1.807, 2.05) is 18.0 Å². The highest BCUT2D eigenvalue weighted by molar-refractivity contribution is 7.15. The molecule has 2 heterocycles. The van der Waals surface area contributed by atoms with Crippen molar-refractivity contribution in [2.75, 3.05) is 13.1 Å². The third kappa shape index (κ3) is 4.51. The van der Waals surface area contributed by atoms with Crippen molar-refractivity contribution in [3.05, 3.63) is 75.6 Å². The van der Waals surface area contributed by atoms with Crippen molar-refractivity contribution in [1.82, 2.24) is 9.88 Å². The maximum Gasteiger partial charge on any atom is 0.274 e. The first-order valence-electron chi connectivity index (χ1n) is 11.9. The van der Waals surface area contributed by atoms with Crippen molar-refractivity contribution in [3.8, 4) is 10.4 Å². The van der Waals surface area contributed by atoms with Crippen LogP contribution in [0.4, 0.5) is 0 Å². The van der Waals surface area contributed by atoms with Gasteiger partial charge in [0.2, 0.25) is 0 Å². The minimum absolute atomic E-state index is 0.0603. The molecule has 33 heavy (non-hydrogen) atoms. The van der Waals surface area contributed by atoms with E-state index in [0.717, 1.165) is 34.1 Å². The number of amides is 1. The highest BCUT2D eigenvalue weighted by Gasteiger charge is 2.31. The lowest BCUT2D eigenvalue weighted by molar-refractivity contribution is 0.0745. The van der Waals surface area contributed by atoms with E-state index in [1.165, 1.54) is 35.1 Å². The number of carbonyl (C=O) groups is 1. The molecule has 1 aliphatic heterocycles. The van der Waals surface area contributed by atoms with Crippen LogP contribution in [-0.4, -0.2) is 34.6 Å². The van der Waals surface area contributed by atoms with E-state index < -0.39 is 0 Å². The minimum atomic E-state index is 0.0603. The molecule has 1 amide bonds. The van der Waals surface area contributed by atoms with Gasteiger partial charge >= 0.3 is 0 Å². The smallest absolute Gasteiger partial charge is 0.274 e. The average Bonchev–Trinajstić information content (AvgIpc) is 3.38. The number of hydrogen-bond donors (Lipinski definition) is 0. The van der Waals surface area contributed by atoms with Gasteiger partial charge in [-0.15, -0.1) is 11.3 Å². The molecule has 1 aromatic heterocycles. The predicted molar refractivity (Wildman–Crippen MR) is 137 cm³/mol. The summed E-state index contributed by atoms with van der Waals surface area (Å²) in [6.45, 7) is 9.92. The Bertz CT molecular complexity index is 1230. The van der Waals surface area contributed by atoms with Gasteiger partial charge in [0, 0.05) is 30.8 Å². The number of carbonyl (C=O) groups excluding carboxylic acids is 1. The Balaban J connectivity index is 1.38. The van der Waals surface area contributed by atoms with Crippen molar-refractivity contribution in [1.29, 1.82) is 0 Å². The van der Waals surface area contributed by atoms with E-state index in [0.29, 0.717) is 24.1 Å². The molecule has 5 heteroatoms. The van der Waals surface area contributed by atoms with Gasteiger partial charge in [-0.3, -0.25) is 9.79 Å². The second-order valence-corrected chi connectivity index (χ2v) is 10.8. The van der Waals surface area contributed by atoms with Crippen LogP contribution < -0.4 is 0 Å². The van der Waals surface area contributed by atoms with E-state index in [1.54, 1.807) is 11.3 Å². The summed E-state index contributed by atoms with van der Waals surface area (Å²) in [6.07, 6.45) is 11.7. The zero-order valence-electron chi connectivity index (χ0n) is 19.9. The van der Waals surface area contributed by atoms with Gasteiger partial charge in [0.25, 0.3) is 5.91 Å². The molecule has 2 aliphatic carbocycles. The van der Waals surface area contributed by atoms with Crippen LogP contribution in [0.1, 0.15) is 52.8 Å². The molecule has 4 nitrogen and oxygen atoms in total.